The van der Waals surface area contributed by atoms with Crippen molar-refractivity contribution in [2.24, 2.45) is 0 Å². The van der Waals surface area contributed by atoms with Crippen LogP contribution in [0.3, 0.4) is 0 Å². The van der Waals surface area contributed by atoms with Crippen LogP contribution in [0.4, 0.5) is 0 Å². The monoisotopic (exact) mass is 287 g/mol. The van der Waals surface area contributed by atoms with Crippen LogP contribution in [0.1, 0.15) is 5.69 Å². The molecule has 2 aromatic heterocycles. The lowest BCUT2D eigenvalue weighted by atomic mass is 10.3. The number of pyridine rings is 1. The summed E-state index contributed by atoms with van der Waals surface area (Å²) in [7, 11) is -3.31. The highest BCUT2D eigenvalue weighted by Gasteiger charge is 2.16. The molecule has 3 rings (SSSR count). The number of aryl methyl sites for hydroxylation is 1. The number of hydrogen-bond acceptors (Lipinski definition) is 4. The number of nitrogens with one attached hydrogen (secondary N) is 1. The predicted molar refractivity (Wildman–Crippen MR) is 77.2 cm³/mol. The Bertz CT molecular complexity index is 898. The summed E-state index contributed by atoms with van der Waals surface area (Å²) in [5.74, 6) is 0.569. The molecule has 5 nitrogen and oxygen atoms in total. The van der Waals surface area contributed by atoms with Gasteiger partial charge in [0, 0.05) is 11.9 Å². The molecular formula is C14H13N3O2S. The van der Waals surface area contributed by atoms with Gasteiger partial charge in [-0.3, -0.25) is 0 Å². The molecule has 0 bridgehead atoms. The molecule has 102 valence electrons. The molecule has 6 heteroatoms. The van der Waals surface area contributed by atoms with E-state index in [-0.39, 0.29) is 4.90 Å². The molecule has 0 amide bonds. The largest absolute Gasteiger partial charge is 0.337 e. The van der Waals surface area contributed by atoms with E-state index in [4.69, 9.17) is 0 Å². The highest BCUT2D eigenvalue weighted by atomic mass is 32.2. The third-order valence-electron chi connectivity index (χ3n) is 3.01. The highest BCUT2D eigenvalue weighted by Crippen LogP contribution is 2.24. The van der Waals surface area contributed by atoms with Crippen molar-refractivity contribution < 1.29 is 8.42 Å². The normalized spacial score (nSPS) is 11.9. The van der Waals surface area contributed by atoms with Gasteiger partial charge < -0.3 is 4.98 Å². The molecule has 2 heterocycles. The molecular weight excluding hydrogens is 274 g/mol. The van der Waals surface area contributed by atoms with Crippen molar-refractivity contribution >= 4 is 20.9 Å². The Balaban J connectivity index is 2.26. The van der Waals surface area contributed by atoms with Gasteiger partial charge in [-0.1, -0.05) is 12.1 Å². The molecule has 20 heavy (non-hydrogen) atoms. The summed E-state index contributed by atoms with van der Waals surface area (Å²) in [5.41, 5.74) is 2.71. The van der Waals surface area contributed by atoms with Crippen LogP contribution in [-0.4, -0.2) is 29.6 Å². The first-order valence-corrected chi connectivity index (χ1v) is 7.97. The maximum atomic E-state index is 11.8. The number of rotatable bonds is 2. The highest BCUT2D eigenvalue weighted by molar-refractivity contribution is 7.91. The zero-order chi connectivity index (χ0) is 14.3. The van der Waals surface area contributed by atoms with E-state index in [0.29, 0.717) is 22.6 Å². The van der Waals surface area contributed by atoms with Gasteiger partial charge >= 0.3 is 0 Å². The lowest BCUT2D eigenvalue weighted by Gasteiger charge is -1.97. The number of nitrogens with zero attached hydrogens (tertiary/aromatic N) is 2. The average molecular weight is 287 g/mol. The maximum Gasteiger partial charge on any atom is 0.177 e. The molecule has 0 radical (unpaired) electrons. The number of hydrogen-bond donors (Lipinski definition) is 1. The second-order valence-corrected chi connectivity index (χ2v) is 6.66. The third kappa shape index (κ3) is 2.18. The van der Waals surface area contributed by atoms with Crippen molar-refractivity contribution in [3.63, 3.8) is 0 Å². The average Bonchev–Trinajstić information content (AvgIpc) is 2.81. The van der Waals surface area contributed by atoms with E-state index in [9.17, 15) is 8.42 Å². The Labute approximate surface area is 116 Å². The smallest absolute Gasteiger partial charge is 0.177 e. The molecule has 3 aromatic rings. The van der Waals surface area contributed by atoms with Crippen LogP contribution in [0.2, 0.25) is 0 Å². The van der Waals surface area contributed by atoms with Crippen LogP contribution in [0.5, 0.6) is 0 Å². The van der Waals surface area contributed by atoms with Crippen molar-refractivity contribution in [1.82, 2.24) is 15.0 Å². The summed E-state index contributed by atoms with van der Waals surface area (Å²) in [5, 5.41) is 0. The molecule has 0 aliphatic rings. The molecule has 0 aliphatic heterocycles. The molecule has 0 spiro atoms. The van der Waals surface area contributed by atoms with Gasteiger partial charge in [0.1, 0.15) is 11.2 Å². The van der Waals surface area contributed by atoms with E-state index in [2.05, 4.69) is 15.0 Å². The predicted octanol–water partition coefficient (Wildman–Crippen LogP) is 2.34. The zero-order valence-electron chi connectivity index (χ0n) is 11.1. The summed E-state index contributed by atoms with van der Waals surface area (Å²) in [6.07, 6.45) is 1.18. The topological polar surface area (TPSA) is 75.7 Å². The molecule has 0 saturated carbocycles. The molecule has 0 aliphatic carbocycles. The van der Waals surface area contributed by atoms with Crippen molar-refractivity contribution in [2.45, 2.75) is 11.8 Å². The van der Waals surface area contributed by atoms with E-state index in [0.717, 1.165) is 5.69 Å². The number of benzene rings is 1. The Morgan fingerprint density at radius 2 is 1.80 bits per heavy atom. The fourth-order valence-electron chi connectivity index (χ4n) is 2.10. The zero-order valence-corrected chi connectivity index (χ0v) is 11.9. The van der Waals surface area contributed by atoms with E-state index in [1.165, 1.54) is 6.26 Å². The second-order valence-electron chi connectivity index (χ2n) is 4.67. The van der Waals surface area contributed by atoms with Gasteiger partial charge in [-0.05, 0) is 31.2 Å². The van der Waals surface area contributed by atoms with Gasteiger partial charge in [-0.25, -0.2) is 18.4 Å². The summed E-state index contributed by atoms with van der Waals surface area (Å²) in [6.45, 7) is 1.90. The Morgan fingerprint density at radius 3 is 2.50 bits per heavy atom. The van der Waals surface area contributed by atoms with Gasteiger partial charge in [0.25, 0.3) is 0 Å². The first-order valence-electron chi connectivity index (χ1n) is 6.08. The maximum absolute atomic E-state index is 11.8. The number of imidazole rings is 1. The summed E-state index contributed by atoms with van der Waals surface area (Å²) >= 11 is 0. The fourth-order valence-corrected chi connectivity index (χ4v) is 2.93. The number of para-hydroxylation sites is 1. The lowest BCUT2D eigenvalue weighted by molar-refractivity contribution is 0.602. The van der Waals surface area contributed by atoms with Crippen LogP contribution in [0, 0.1) is 6.92 Å². The summed E-state index contributed by atoms with van der Waals surface area (Å²) in [6, 6.07) is 10.7. The van der Waals surface area contributed by atoms with Crippen LogP contribution in [-0.2, 0) is 9.84 Å². The number of H-pyrrole nitrogens is 1. The van der Waals surface area contributed by atoms with Crippen LogP contribution < -0.4 is 0 Å². The minimum atomic E-state index is -3.31. The molecule has 0 fully saturated rings. The SMILES string of the molecule is Cc1cccc(-c2nc3c(S(C)(=O)=O)cccc3[nH]2)n1. The van der Waals surface area contributed by atoms with Crippen molar-refractivity contribution in [2.75, 3.05) is 6.26 Å². The first kappa shape index (κ1) is 12.8. The minimum absolute atomic E-state index is 0.227. The van der Waals surface area contributed by atoms with E-state index in [1.54, 1.807) is 18.2 Å². The molecule has 0 saturated heterocycles. The van der Waals surface area contributed by atoms with Crippen molar-refractivity contribution in [3.8, 4) is 11.5 Å². The van der Waals surface area contributed by atoms with Gasteiger partial charge in [-0.2, -0.15) is 0 Å². The Morgan fingerprint density at radius 1 is 1.05 bits per heavy atom. The second kappa shape index (κ2) is 4.42. The number of sulfone groups is 1. The standard InChI is InChI=1S/C14H13N3O2S/c1-9-5-3-7-11(15-9)14-16-10-6-4-8-12(13(10)17-14)20(2,18)19/h3-8H,1-2H3,(H,16,17). The molecule has 0 unspecified atom stereocenters. The molecule has 1 aromatic carbocycles. The van der Waals surface area contributed by atoms with Crippen molar-refractivity contribution in [1.29, 1.82) is 0 Å². The number of fused-ring (bicyclic) bond motifs is 1. The van der Waals surface area contributed by atoms with Gasteiger partial charge in [0.15, 0.2) is 15.7 Å². The summed E-state index contributed by atoms with van der Waals surface area (Å²) < 4.78 is 23.6. The van der Waals surface area contributed by atoms with E-state index in [1.807, 2.05) is 25.1 Å². The summed E-state index contributed by atoms with van der Waals surface area (Å²) in [4.78, 5) is 12.1. The van der Waals surface area contributed by atoms with Crippen LogP contribution >= 0.6 is 0 Å². The Hall–Kier alpha value is -2.21. The lowest BCUT2D eigenvalue weighted by Crippen LogP contribution is -1.97. The van der Waals surface area contributed by atoms with Gasteiger partial charge in [-0.15, -0.1) is 0 Å². The molecule has 1 N–H and O–H groups in total. The number of aromatic nitrogens is 3. The van der Waals surface area contributed by atoms with E-state index < -0.39 is 9.84 Å². The fraction of sp³-hybridized carbons (Fsp3) is 0.143. The third-order valence-corrected chi connectivity index (χ3v) is 4.13. The van der Waals surface area contributed by atoms with Gasteiger partial charge in [0.2, 0.25) is 0 Å². The Kier molecular flexibility index (Phi) is 2.83. The molecule has 0 atom stereocenters. The first-order chi connectivity index (χ1) is 9.45. The van der Waals surface area contributed by atoms with Gasteiger partial charge in [0.05, 0.1) is 10.4 Å². The minimum Gasteiger partial charge on any atom is -0.337 e. The van der Waals surface area contributed by atoms with E-state index >= 15 is 0 Å². The number of aromatic amines is 1. The van der Waals surface area contributed by atoms with Crippen LogP contribution in [0.25, 0.3) is 22.6 Å². The quantitative estimate of drug-likeness (QED) is 0.785. The van der Waals surface area contributed by atoms with Crippen LogP contribution in [0.15, 0.2) is 41.3 Å². The van der Waals surface area contributed by atoms with Crippen molar-refractivity contribution in [3.05, 3.63) is 42.1 Å².